The van der Waals surface area contributed by atoms with Crippen molar-refractivity contribution >= 4 is 12.1 Å². The average Bonchev–Trinajstić information content (AvgIpc) is 2.96. The van der Waals surface area contributed by atoms with Gasteiger partial charge in [0.2, 0.25) is 0 Å². The molecule has 8 heteroatoms. The fourth-order valence-electron chi connectivity index (χ4n) is 3.34. The summed E-state index contributed by atoms with van der Waals surface area (Å²) in [6.45, 7) is 6.35. The first-order chi connectivity index (χ1) is 13.2. The van der Waals surface area contributed by atoms with Crippen LogP contribution in [0.3, 0.4) is 0 Å². The van der Waals surface area contributed by atoms with Crippen LogP contribution in [-0.2, 0) is 30.6 Å². The van der Waals surface area contributed by atoms with E-state index in [1.54, 1.807) is 20.8 Å². The van der Waals surface area contributed by atoms with Crippen LogP contribution in [0.25, 0.3) is 0 Å². The van der Waals surface area contributed by atoms with E-state index in [4.69, 9.17) is 19.2 Å². The minimum atomic E-state index is -0.855. The van der Waals surface area contributed by atoms with Gasteiger partial charge in [-0.25, -0.2) is 14.6 Å². The first-order valence-electron chi connectivity index (χ1n) is 9.20. The van der Waals surface area contributed by atoms with Crippen molar-refractivity contribution in [3.63, 3.8) is 0 Å². The van der Waals surface area contributed by atoms with E-state index in [1.807, 2.05) is 35.2 Å². The van der Waals surface area contributed by atoms with Crippen LogP contribution in [0.4, 0.5) is 4.79 Å². The van der Waals surface area contributed by atoms with Gasteiger partial charge in [0.1, 0.15) is 18.2 Å². The van der Waals surface area contributed by atoms with Gasteiger partial charge in [0.05, 0.1) is 19.8 Å². The molecule has 28 heavy (non-hydrogen) atoms. The lowest BCUT2D eigenvalue weighted by Crippen LogP contribution is -2.54. The van der Waals surface area contributed by atoms with Gasteiger partial charge in [0.25, 0.3) is 0 Å². The molecule has 0 aliphatic carbocycles. The Labute approximate surface area is 166 Å². The monoisotopic (exact) mass is 394 g/mol. The molecule has 0 unspecified atom stereocenters. The van der Waals surface area contributed by atoms with Crippen molar-refractivity contribution in [2.75, 3.05) is 27.4 Å². The van der Waals surface area contributed by atoms with Crippen LogP contribution in [0.1, 0.15) is 32.8 Å². The number of rotatable bonds is 7. The Balaban J connectivity index is 2.23. The normalized spacial score (nSPS) is 22.7. The number of esters is 1. The minimum absolute atomic E-state index is 0.0710. The molecule has 1 fully saturated rings. The Hall–Kier alpha value is -2.16. The summed E-state index contributed by atoms with van der Waals surface area (Å²) in [6, 6.07) is 9.27. The number of hydrogen-bond acceptors (Lipinski definition) is 7. The van der Waals surface area contributed by atoms with Gasteiger partial charge in [-0.1, -0.05) is 30.3 Å². The number of carbonyl (C=O) groups excluding carboxylic acids is 2. The second kappa shape index (κ2) is 9.36. The zero-order valence-electron chi connectivity index (χ0n) is 17.2. The van der Waals surface area contributed by atoms with Gasteiger partial charge < -0.3 is 14.8 Å². The van der Waals surface area contributed by atoms with Gasteiger partial charge in [-0.3, -0.25) is 9.69 Å². The molecule has 1 aromatic rings. The highest BCUT2D eigenvalue weighted by Crippen LogP contribution is 2.30. The van der Waals surface area contributed by atoms with E-state index >= 15 is 0 Å². The van der Waals surface area contributed by atoms with E-state index in [0.29, 0.717) is 19.5 Å². The van der Waals surface area contributed by atoms with Gasteiger partial charge >= 0.3 is 12.1 Å². The van der Waals surface area contributed by atoms with Crippen molar-refractivity contribution in [2.45, 2.75) is 50.9 Å². The van der Waals surface area contributed by atoms with Gasteiger partial charge in [-0.15, -0.1) is 0 Å². The number of hydrogen-bond donors (Lipinski definition) is 1. The molecule has 1 heterocycles. The van der Waals surface area contributed by atoms with Gasteiger partial charge in [-0.05, 0) is 26.3 Å². The molecule has 8 nitrogen and oxygen atoms in total. The second-order valence-corrected chi connectivity index (χ2v) is 7.97. The second-order valence-electron chi connectivity index (χ2n) is 7.97. The van der Waals surface area contributed by atoms with Crippen molar-refractivity contribution in [1.29, 1.82) is 0 Å². The molecule has 1 aromatic carbocycles. The van der Waals surface area contributed by atoms with Crippen LogP contribution in [0.5, 0.6) is 0 Å². The third kappa shape index (κ3) is 6.19. The highest BCUT2D eigenvalue weighted by Gasteiger charge is 2.49. The molecule has 2 atom stereocenters. The average molecular weight is 394 g/mol. The number of benzene rings is 1. The molecule has 1 aliphatic heterocycles. The van der Waals surface area contributed by atoms with Crippen LogP contribution in [0.2, 0.25) is 0 Å². The highest BCUT2D eigenvalue weighted by atomic mass is 17.2. The van der Waals surface area contributed by atoms with E-state index in [2.05, 4.69) is 5.32 Å². The number of alkyl carbamates (subject to hydrolysis) is 1. The zero-order chi connectivity index (χ0) is 20.8. The third-order valence-corrected chi connectivity index (χ3v) is 4.45. The van der Waals surface area contributed by atoms with Crippen LogP contribution in [0, 0.1) is 0 Å². The smallest absolute Gasteiger partial charge is 0.408 e. The minimum Gasteiger partial charge on any atom is -0.468 e. The fraction of sp³-hybridized carbons (Fsp3) is 0.600. The van der Waals surface area contributed by atoms with Crippen LogP contribution in [0.15, 0.2) is 30.3 Å². The number of nitrogens with zero attached hydrogens (tertiary/aromatic N) is 1. The van der Waals surface area contributed by atoms with Crippen molar-refractivity contribution in [3.8, 4) is 0 Å². The predicted octanol–water partition coefficient (Wildman–Crippen LogP) is 2.28. The molecule has 1 saturated heterocycles. The SMILES string of the molecule is COOC[C@]1(NC(=O)OC(C)(C)C)C[C@@H](C(=O)OC)N(Cc2ccccc2)C1. The third-order valence-electron chi connectivity index (χ3n) is 4.45. The summed E-state index contributed by atoms with van der Waals surface area (Å²) in [5, 5.41) is 2.89. The van der Waals surface area contributed by atoms with Crippen molar-refractivity contribution in [3.05, 3.63) is 35.9 Å². The Morgan fingerprint density at radius 1 is 1.21 bits per heavy atom. The summed E-state index contributed by atoms with van der Waals surface area (Å²) in [7, 11) is 2.76. The molecular formula is C20H30N2O6. The number of likely N-dealkylation sites (tertiary alicyclic amines) is 1. The lowest BCUT2D eigenvalue weighted by molar-refractivity contribution is -0.282. The Kier molecular flexibility index (Phi) is 7.40. The maximum atomic E-state index is 12.4. The van der Waals surface area contributed by atoms with Crippen molar-refractivity contribution < 1.29 is 28.8 Å². The van der Waals surface area contributed by atoms with E-state index in [0.717, 1.165) is 5.56 Å². The summed E-state index contributed by atoms with van der Waals surface area (Å²) in [5.74, 6) is -0.360. The van der Waals surface area contributed by atoms with Crippen molar-refractivity contribution in [2.24, 2.45) is 0 Å². The van der Waals surface area contributed by atoms with Crippen molar-refractivity contribution in [1.82, 2.24) is 10.2 Å². The molecule has 0 spiro atoms. The summed E-state index contributed by atoms with van der Waals surface area (Å²) >= 11 is 0. The first-order valence-corrected chi connectivity index (χ1v) is 9.20. The quantitative estimate of drug-likeness (QED) is 0.431. The van der Waals surface area contributed by atoms with Gasteiger partial charge in [0, 0.05) is 19.5 Å². The summed E-state index contributed by atoms with van der Waals surface area (Å²) in [4.78, 5) is 36.7. The summed E-state index contributed by atoms with van der Waals surface area (Å²) in [6.07, 6.45) is -0.257. The lowest BCUT2D eigenvalue weighted by Gasteiger charge is -2.31. The first kappa shape index (κ1) is 22.1. The van der Waals surface area contributed by atoms with E-state index in [-0.39, 0.29) is 12.6 Å². The van der Waals surface area contributed by atoms with Gasteiger partial charge in [-0.2, -0.15) is 0 Å². The van der Waals surface area contributed by atoms with Crippen LogP contribution in [-0.4, -0.2) is 61.5 Å². The molecular weight excluding hydrogens is 364 g/mol. The number of ether oxygens (including phenoxy) is 2. The number of amides is 1. The number of carbonyl (C=O) groups is 2. The van der Waals surface area contributed by atoms with E-state index in [1.165, 1.54) is 14.2 Å². The zero-order valence-corrected chi connectivity index (χ0v) is 17.2. The Morgan fingerprint density at radius 2 is 1.89 bits per heavy atom. The van der Waals surface area contributed by atoms with Crippen LogP contribution >= 0.6 is 0 Å². The molecule has 1 N–H and O–H groups in total. The molecule has 0 saturated carbocycles. The molecule has 1 amide bonds. The van der Waals surface area contributed by atoms with Gasteiger partial charge in [0.15, 0.2) is 0 Å². The topological polar surface area (TPSA) is 86.3 Å². The highest BCUT2D eigenvalue weighted by molar-refractivity contribution is 5.77. The van der Waals surface area contributed by atoms with E-state index in [9.17, 15) is 9.59 Å². The largest absolute Gasteiger partial charge is 0.468 e. The van der Waals surface area contributed by atoms with Crippen LogP contribution < -0.4 is 5.32 Å². The molecule has 1 aliphatic rings. The Bertz CT molecular complexity index is 660. The Morgan fingerprint density at radius 3 is 2.46 bits per heavy atom. The summed E-state index contributed by atoms with van der Waals surface area (Å²) in [5.41, 5.74) is -0.444. The number of methoxy groups -OCH3 is 1. The molecule has 0 aromatic heterocycles. The standard InChI is InChI=1S/C20H30N2O6/c1-19(2,3)28-18(24)21-20(14-27-26-5)11-16(17(23)25-4)22(13-20)12-15-9-7-6-8-10-15/h6-10,16H,11-14H2,1-5H3,(H,21,24)/t16-,20-/m0/s1. The van der Waals surface area contributed by atoms with E-state index < -0.39 is 23.3 Å². The summed E-state index contributed by atoms with van der Waals surface area (Å²) < 4.78 is 10.4. The fourth-order valence-corrected chi connectivity index (χ4v) is 3.34. The maximum Gasteiger partial charge on any atom is 0.408 e. The molecule has 0 radical (unpaired) electrons. The number of nitrogens with one attached hydrogen (secondary N) is 1. The molecule has 2 rings (SSSR count). The maximum absolute atomic E-state index is 12.4. The molecule has 0 bridgehead atoms. The molecule has 156 valence electrons. The predicted molar refractivity (Wildman–Crippen MR) is 102 cm³/mol. The lowest BCUT2D eigenvalue weighted by atomic mass is 9.97.